The summed E-state index contributed by atoms with van der Waals surface area (Å²) in [6, 6.07) is 3.87. The van der Waals surface area contributed by atoms with Crippen LogP contribution in [-0.4, -0.2) is 9.67 Å². The number of aliphatic hydroxyl groups is 1. The van der Waals surface area contributed by atoms with Gasteiger partial charge in [-0.2, -0.15) is 0 Å². The summed E-state index contributed by atoms with van der Waals surface area (Å²) in [6.45, 7) is 0. The smallest absolute Gasteiger partial charge is 0.138 e. The molecule has 11 heavy (non-hydrogen) atoms. The van der Waals surface area contributed by atoms with Crippen molar-refractivity contribution in [1.29, 1.82) is 0 Å². The number of hydrogen-bond acceptors (Lipinski definition) is 1. The first-order chi connectivity index (χ1) is 5.29. The molecule has 0 bridgehead atoms. The predicted molar refractivity (Wildman–Crippen MR) is 44.2 cm³/mol. The Morgan fingerprint density at radius 2 is 2.27 bits per heavy atom. The molecule has 1 aliphatic rings. The van der Waals surface area contributed by atoms with Crippen LogP contribution in [0.1, 0.15) is 18.5 Å². The van der Waals surface area contributed by atoms with Crippen LogP contribution in [0.4, 0.5) is 0 Å². The second kappa shape index (κ2) is 2.16. The number of allylic oxidation sites excluding steroid dienone is 1. The zero-order valence-corrected chi connectivity index (χ0v) is 6.54. The van der Waals surface area contributed by atoms with Gasteiger partial charge in [-0.1, -0.05) is 0 Å². The Morgan fingerprint density at radius 3 is 2.73 bits per heavy atom. The average Bonchev–Trinajstić information content (AvgIpc) is 2.74. The largest absolute Gasteiger partial charge is 0.506 e. The quantitative estimate of drug-likeness (QED) is 0.608. The molecule has 1 N–H and O–H groups in total. The van der Waals surface area contributed by atoms with Crippen molar-refractivity contribution >= 4 is 5.76 Å². The molecular weight excluding hydrogens is 138 g/mol. The van der Waals surface area contributed by atoms with Gasteiger partial charge in [0.05, 0.1) is 5.69 Å². The Hall–Kier alpha value is -1.18. The number of aromatic nitrogens is 1. The number of hydrogen-bond donors (Lipinski definition) is 1. The molecule has 0 aromatic carbocycles. The molecule has 58 valence electrons. The second-order valence-corrected chi connectivity index (χ2v) is 2.96. The van der Waals surface area contributed by atoms with Crippen LogP contribution < -0.4 is 0 Å². The van der Waals surface area contributed by atoms with Gasteiger partial charge in [0.1, 0.15) is 5.76 Å². The van der Waals surface area contributed by atoms with E-state index in [2.05, 4.69) is 0 Å². The first-order valence-corrected chi connectivity index (χ1v) is 3.82. The molecule has 1 aromatic rings. The molecule has 1 aromatic heterocycles. The Balaban J connectivity index is 2.43. The van der Waals surface area contributed by atoms with Crippen molar-refractivity contribution in [1.82, 2.24) is 4.57 Å². The van der Waals surface area contributed by atoms with Gasteiger partial charge in [0, 0.05) is 13.2 Å². The van der Waals surface area contributed by atoms with E-state index in [1.807, 2.05) is 29.9 Å². The van der Waals surface area contributed by atoms with Crippen molar-refractivity contribution in [2.45, 2.75) is 12.8 Å². The summed E-state index contributed by atoms with van der Waals surface area (Å²) in [5.41, 5.74) is 2.12. The fourth-order valence-electron chi connectivity index (χ4n) is 1.19. The molecule has 1 heterocycles. The molecule has 0 atom stereocenters. The molecule has 0 spiro atoms. The molecule has 0 aliphatic heterocycles. The summed E-state index contributed by atoms with van der Waals surface area (Å²) in [4.78, 5) is 0. The predicted octanol–water partition coefficient (Wildman–Crippen LogP) is 2.09. The average molecular weight is 149 g/mol. The fourth-order valence-corrected chi connectivity index (χ4v) is 1.19. The molecule has 0 amide bonds. The summed E-state index contributed by atoms with van der Waals surface area (Å²) in [6.07, 6.45) is 4.07. The maximum atomic E-state index is 9.59. The van der Waals surface area contributed by atoms with Gasteiger partial charge in [-0.15, -0.1) is 0 Å². The van der Waals surface area contributed by atoms with Crippen LogP contribution >= 0.6 is 0 Å². The van der Waals surface area contributed by atoms with Crippen molar-refractivity contribution in [3.05, 3.63) is 29.6 Å². The molecule has 0 radical (unpaired) electrons. The molecule has 2 nitrogen and oxygen atoms in total. The minimum atomic E-state index is 0.484. The van der Waals surface area contributed by atoms with E-state index in [1.54, 1.807) is 0 Å². The highest BCUT2D eigenvalue weighted by Crippen LogP contribution is 2.34. The van der Waals surface area contributed by atoms with E-state index in [-0.39, 0.29) is 0 Å². The lowest BCUT2D eigenvalue weighted by Gasteiger charge is -2.00. The lowest BCUT2D eigenvalue weighted by atomic mass is 10.3. The minimum Gasteiger partial charge on any atom is -0.506 e. The van der Waals surface area contributed by atoms with Gasteiger partial charge in [0.25, 0.3) is 0 Å². The van der Waals surface area contributed by atoms with Crippen molar-refractivity contribution in [3.8, 4) is 0 Å². The van der Waals surface area contributed by atoms with Gasteiger partial charge in [0.15, 0.2) is 0 Å². The first-order valence-electron chi connectivity index (χ1n) is 3.82. The van der Waals surface area contributed by atoms with Crippen LogP contribution in [0.15, 0.2) is 23.9 Å². The lowest BCUT2D eigenvalue weighted by molar-refractivity contribution is 0.502. The Labute approximate surface area is 65.8 Å². The Morgan fingerprint density at radius 1 is 1.55 bits per heavy atom. The molecular formula is C9H11NO. The third-order valence-corrected chi connectivity index (χ3v) is 2.02. The standard InChI is InChI=1S/C9H11NO/c1-10-6-2-3-8(10)9(11)7-4-5-7/h2-3,6,11H,4-5H2,1H3. The topological polar surface area (TPSA) is 25.2 Å². The van der Waals surface area contributed by atoms with E-state index < -0.39 is 0 Å². The van der Waals surface area contributed by atoms with Crippen LogP contribution in [0.2, 0.25) is 0 Å². The number of nitrogens with zero attached hydrogens (tertiary/aromatic N) is 1. The van der Waals surface area contributed by atoms with E-state index in [0.29, 0.717) is 5.76 Å². The summed E-state index contributed by atoms with van der Waals surface area (Å²) in [7, 11) is 1.94. The number of rotatable bonds is 1. The number of aliphatic hydroxyl groups excluding tert-OH is 1. The third kappa shape index (κ3) is 1.04. The summed E-state index contributed by atoms with van der Waals surface area (Å²) in [5, 5.41) is 9.59. The maximum absolute atomic E-state index is 9.59. The van der Waals surface area contributed by atoms with Crippen LogP contribution in [0, 0.1) is 0 Å². The Kier molecular flexibility index (Phi) is 1.28. The molecule has 0 saturated heterocycles. The molecule has 1 saturated carbocycles. The third-order valence-electron chi connectivity index (χ3n) is 2.02. The van der Waals surface area contributed by atoms with Gasteiger partial charge in [-0.05, 0) is 30.5 Å². The lowest BCUT2D eigenvalue weighted by Crippen LogP contribution is -1.92. The van der Waals surface area contributed by atoms with Gasteiger partial charge in [-0.3, -0.25) is 0 Å². The minimum absolute atomic E-state index is 0.484. The molecule has 0 unspecified atom stereocenters. The zero-order chi connectivity index (χ0) is 7.84. The van der Waals surface area contributed by atoms with E-state index in [4.69, 9.17) is 0 Å². The molecule has 1 fully saturated rings. The Bertz CT molecular complexity index is 303. The van der Waals surface area contributed by atoms with E-state index >= 15 is 0 Å². The molecule has 2 heteroatoms. The van der Waals surface area contributed by atoms with Crippen LogP contribution in [0.5, 0.6) is 0 Å². The van der Waals surface area contributed by atoms with Crippen LogP contribution in [-0.2, 0) is 7.05 Å². The normalized spacial score (nSPS) is 15.2. The zero-order valence-electron chi connectivity index (χ0n) is 6.54. The summed E-state index contributed by atoms with van der Waals surface area (Å²) < 4.78 is 1.93. The second-order valence-electron chi connectivity index (χ2n) is 2.96. The first kappa shape index (κ1) is 6.53. The van der Waals surface area contributed by atoms with E-state index in [9.17, 15) is 5.11 Å². The van der Waals surface area contributed by atoms with Gasteiger partial charge >= 0.3 is 0 Å². The van der Waals surface area contributed by atoms with E-state index in [0.717, 1.165) is 18.5 Å². The van der Waals surface area contributed by atoms with Crippen molar-refractivity contribution in [2.75, 3.05) is 0 Å². The number of aryl methyl sites for hydroxylation is 1. The van der Waals surface area contributed by atoms with Gasteiger partial charge < -0.3 is 9.67 Å². The highest BCUT2D eigenvalue weighted by atomic mass is 16.3. The SMILES string of the molecule is Cn1cccc1C(O)=C1CC1. The summed E-state index contributed by atoms with van der Waals surface area (Å²) >= 11 is 0. The van der Waals surface area contributed by atoms with Crippen molar-refractivity contribution in [3.63, 3.8) is 0 Å². The highest BCUT2D eigenvalue weighted by molar-refractivity contribution is 5.62. The maximum Gasteiger partial charge on any atom is 0.138 e. The van der Waals surface area contributed by atoms with Crippen molar-refractivity contribution in [2.24, 2.45) is 7.05 Å². The summed E-state index contributed by atoms with van der Waals surface area (Å²) in [5.74, 6) is 0.484. The van der Waals surface area contributed by atoms with Gasteiger partial charge in [-0.25, -0.2) is 0 Å². The van der Waals surface area contributed by atoms with Crippen LogP contribution in [0.25, 0.3) is 5.76 Å². The van der Waals surface area contributed by atoms with Gasteiger partial charge in [0.2, 0.25) is 0 Å². The highest BCUT2D eigenvalue weighted by Gasteiger charge is 2.19. The monoisotopic (exact) mass is 149 g/mol. The molecule has 2 rings (SSSR count). The fraction of sp³-hybridized carbons (Fsp3) is 0.333. The van der Waals surface area contributed by atoms with E-state index in [1.165, 1.54) is 5.57 Å². The molecule has 1 aliphatic carbocycles. The van der Waals surface area contributed by atoms with Crippen molar-refractivity contribution < 1.29 is 5.11 Å². The van der Waals surface area contributed by atoms with Crippen LogP contribution in [0.3, 0.4) is 0 Å².